The SMILES string of the molecule is CN(C)CCCNC(=S)NCCNC(=O)c1ccc(F)cc1. The van der Waals surface area contributed by atoms with Gasteiger partial charge in [-0.3, -0.25) is 4.79 Å². The van der Waals surface area contributed by atoms with Gasteiger partial charge in [0.2, 0.25) is 0 Å². The lowest BCUT2D eigenvalue weighted by Gasteiger charge is -2.13. The first-order valence-electron chi connectivity index (χ1n) is 7.19. The number of hydrogen-bond donors (Lipinski definition) is 3. The first-order chi connectivity index (χ1) is 10.5. The zero-order valence-electron chi connectivity index (χ0n) is 13.0. The van der Waals surface area contributed by atoms with E-state index in [1.54, 1.807) is 0 Å². The number of nitrogens with one attached hydrogen (secondary N) is 3. The van der Waals surface area contributed by atoms with Crippen LogP contribution in [0.15, 0.2) is 24.3 Å². The van der Waals surface area contributed by atoms with E-state index in [0.29, 0.717) is 23.8 Å². The minimum absolute atomic E-state index is 0.230. The summed E-state index contributed by atoms with van der Waals surface area (Å²) in [6.45, 7) is 2.79. The summed E-state index contributed by atoms with van der Waals surface area (Å²) in [5.74, 6) is -0.587. The Kier molecular flexibility index (Phi) is 8.39. The molecule has 1 rings (SSSR count). The Balaban J connectivity index is 2.10. The Morgan fingerprint density at radius 1 is 1.09 bits per heavy atom. The molecule has 122 valence electrons. The molecule has 0 unspecified atom stereocenters. The van der Waals surface area contributed by atoms with Crippen molar-refractivity contribution in [3.8, 4) is 0 Å². The molecule has 0 radical (unpaired) electrons. The second-order valence-corrected chi connectivity index (χ2v) is 5.51. The molecule has 1 amide bonds. The van der Waals surface area contributed by atoms with Gasteiger partial charge in [-0.15, -0.1) is 0 Å². The highest BCUT2D eigenvalue weighted by Gasteiger charge is 2.04. The average Bonchev–Trinajstić information content (AvgIpc) is 2.48. The van der Waals surface area contributed by atoms with Crippen LogP contribution in [0.4, 0.5) is 4.39 Å². The zero-order chi connectivity index (χ0) is 16.4. The Morgan fingerprint density at radius 3 is 2.32 bits per heavy atom. The molecule has 1 aromatic rings. The van der Waals surface area contributed by atoms with E-state index < -0.39 is 0 Å². The second kappa shape index (κ2) is 10.1. The van der Waals surface area contributed by atoms with Crippen LogP contribution in [0.5, 0.6) is 0 Å². The van der Waals surface area contributed by atoms with Crippen LogP contribution < -0.4 is 16.0 Å². The van der Waals surface area contributed by atoms with Gasteiger partial charge in [-0.05, 0) is 63.5 Å². The highest BCUT2D eigenvalue weighted by Crippen LogP contribution is 2.01. The molecule has 0 saturated carbocycles. The molecule has 0 spiro atoms. The average molecular weight is 326 g/mol. The van der Waals surface area contributed by atoms with Crippen molar-refractivity contribution in [3.63, 3.8) is 0 Å². The lowest BCUT2D eigenvalue weighted by atomic mass is 10.2. The summed E-state index contributed by atoms with van der Waals surface area (Å²) in [4.78, 5) is 13.9. The number of halogens is 1. The molecule has 5 nitrogen and oxygen atoms in total. The highest BCUT2D eigenvalue weighted by atomic mass is 32.1. The lowest BCUT2D eigenvalue weighted by molar-refractivity contribution is 0.0954. The van der Waals surface area contributed by atoms with Gasteiger partial charge in [0, 0.05) is 25.2 Å². The van der Waals surface area contributed by atoms with Crippen molar-refractivity contribution in [2.75, 3.05) is 40.3 Å². The van der Waals surface area contributed by atoms with Crippen molar-refractivity contribution in [2.24, 2.45) is 0 Å². The fraction of sp³-hybridized carbons (Fsp3) is 0.467. The maximum Gasteiger partial charge on any atom is 0.251 e. The first-order valence-corrected chi connectivity index (χ1v) is 7.60. The fourth-order valence-electron chi connectivity index (χ4n) is 1.72. The molecule has 0 bridgehead atoms. The maximum absolute atomic E-state index is 12.8. The van der Waals surface area contributed by atoms with Crippen LogP contribution in [0.1, 0.15) is 16.8 Å². The van der Waals surface area contributed by atoms with Gasteiger partial charge < -0.3 is 20.9 Å². The first kappa shape index (κ1) is 18.3. The van der Waals surface area contributed by atoms with Crippen LogP contribution >= 0.6 is 12.2 Å². The van der Waals surface area contributed by atoms with Gasteiger partial charge in [-0.25, -0.2) is 4.39 Å². The summed E-state index contributed by atoms with van der Waals surface area (Å²) in [7, 11) is 4.06. The molecule has 0 aromatic heterocycles. The van der Waals surface area contributed by atoms with Crippen molar-refractivity contribution >= 4 is 23.2 Å². The molecule has 0 aliphatic carbocycles. The van der Waals surface area contributed by atoms with Crippen molar-refractivity contribution in [1.82, 2.24) is 20.9 Å². The maximum atomic E-state index is 12.8. The Bertz CT molecular complexity index is 479. The predicted octanol–water partition coefficient (Wildman–Crippen LogP) is 0.971. The normalized spacial score (nSPS) is 10.4. The molecule has 0 saturated heterocycles. The zero-order valence-corrected chi connectivity index (χ0v) is 13.8. The lowest BCUT2D eigenvalue weighted by Crippen LogP contribution is -2.40. The molecular formula is C15H23FN4OS. The molecule has 22 heavy (non-hydrogen) atoms. The number of nitrogens with zero attached hydrogens (tertiary/aromatic N) is 1. The van der Waals surface area contributed by atoms with E-state index in [2.05, 4.69) is 20.9 Å². The van der Waals surface area contributed by atoms with Crippen molar-refractivity contribution in [1.29, 1.82) is 0 Å². The minimum atomic E-state index is -0.357. The van der Waals surface area contributed by atoms with Gasteiger partial charge >= 0.3 is 0 Å². The number of benzene rings is 1. The van der Waals surface area contributed by atoms with E-state index in [1.807, 2.05) is 14.1 Å². The van der Waals surface area contributed by atoms with Crippen LogP contribution in [-0.4, -0.2) is 56.2 Å². The molecule has 3 N–H and O–H groups in total. The summed E-state index contributed by atoms with van der Waals surface area (Å²) in [6.07, 6.45) is 1.01. The molecule has 0 aliphatic rings. The molecule has 0 atom stereocenters. The summed E-state index contributed by atoms with van der Waals surface area (Å²) in [5, 5.41) is 9.44. The van der Waals surface area contributed by atoms with Gasteiger partial charge in [0.1, 0.15) is 5.82 Å². The van der Waals surface area contributed by atoms with E-state index in [4.69, 9.17) is 12.2 Å². The number of hydrogen-bond acceptors (Lipinski definition) is 3. The van der Waals surface area contributed by atoms with Crippen molar-refractivity contribution < 1.29 is 9.18 Å². The summed E-state index contributed by atoms with van der Waals surface area (Å²) >= 11 is 5.13. The third-order valence-corrected chi connectivity index (χ3v) is 3.16. The second-order valence-electron chi connectivity index (χ2n) is 5.10. The van der Waals surface area contributed by atoms with Crippen molar-refractivity contribution in [2.45, 2.75) is 6.42 Å². The fourth-order valence-corrected chi connectivity index (χ4v) is 1.92. The molecule has 0 fully saturated rings. The van der Waals surface area contributed by atoms with Crippen molar-refractivity contribution in [3.05, 3.63) is 35.6 Å². The number of carbonyl (C=O) groups is 1. The topological polar surface area (TPSA) is 56.4 Å². The van der Waals surface area contributed by atoms with Gasteiger partial charge in [-0.2, -0.15) is 0 Å². The van der Waals surface area contributed by atoms with Gasteiger partial charge in [-0.1, -0.05) is 0 Å². The number of amides is 1. The standard InChI is InChI=1S/C15H23FN4OS/c1-20(2)11-3-8-18-15(22)19-10-9-17-14(21)12-4-6-13(16)7-5-12/h4-7H,3,8-11H2,1-2H3,(H,17,21)(H2,18,19,22). The van der Waals surface area contributed by atoms with Crippen LogP contribution in [0.3, 0.4) is 0 Å². The van der Waals surface area contributed by atoms with E-state index in [-0.39, 0.29) is 11.7 Å². The van der Waals surface area contributed by atoms with Crippen LogP contribution in [0, 0.1) is 5.82 Å². The third kappa shape index (κ3) is 7.90. The minimum Gasteiger partial charge on any atom is -0.363 e. The van der Waals surface area contributed by atoms with Gasteiger partial charge in [0.25, 0.3) is 5.91 Å². The monoisotopic (exact) mass is 326 g/mol. The summed E-state index contributed by atoms with van der Waals surface area (Å²) in [6, 6.07) is 5.43. The highest BCUT2D eigenvalue weighted by molar-refractivity contribution is 7.80. The Hall–Kier alpha value is -1.73. The Morgan fingerprint density at radius 2 is 1.68 bits per heavy atom. The van der Waals surface area contributed by atoms with Gasteiger partial charge in [0.05, 0.1) is 0 Å². The van der Waals surface area contributed by atoms with Gasteiger partial charge in [0.15, 0.2) is 5.11 Å². The van der Waals surface area contributed by atoms with E-state index >= 15 is 0 Å². The van der Waals surface area contributed by atoms with E-state index in [9.17, 15) is 9.18 Å². The number of thiocarbonyl (C=S) groups is 1. The third-order valence-electron chi connectivity index (χ3n) is 2.87. The van der Waals surface area contributed by atoms with Crippen LogP contribution in [0.2, 0.25) is 0 Å². The molecule has 7 heteroatoms. The molecule has 0 heterocycles. The van der Waals surface area contributed by atoms with E-state index in [0.717, 1.165) is 19.5 Å². The molecular weight excluding hydrogens is 303 g/mol. The van der Waals surface area contributed by atoms with Crippen LogP contribution in [-0.2, 0) is 0 Å². The van der Waals surface area contributed by atoms with Crippen LogP contribution in [0.25, 0.3) is 0 Å². The quantitative estimate of drug-likeness (QED) is 0.491. The van der Waals surface area contributed by atoms with E-state index in [1.165, 1.54) is 24.3 Å². The summed E-state index contributed by atoms with van der Waals surface area (Å²) < 4.78 is 12.8. The summed E-state index contributed by atoms with van der Waals surface area (Å²) in [5.41, 5.74) is 0.436. The smallest absolute Gasteiger partial charge is 0.251 e. The number of carbonyl (C=O) groups excluding carboxylic acids is 1. The Labute approximate surface area is 136 Å². The molecule has 0 aliphatic heterocycles. The predicted molar refractivity (Wildman–Crippen MR) is 90.5 cm³/mol. The number of rotatable bonds is 8. The molecule has 1 aromatic carbocycles. The largest absolute Gasteiger partial charge is 0.363 e.